The molecule has 0 saturated carbocycles. The van der Waals surface area contributed by atoms with E-state index >= 15 is 0 Å². The predicted molar refractivity (Wildman–Crippen MR) is 77.8 cm³/mol. The smallest absolute Gasteiger partial charge is 0.226 e. The lowest BCUT2D eigenvalue weighted by Gasteiger charge is -2.28. The summed E-state index contributed by atoms with van der Waals surface area (Å²) in [4.78, 5) is 14.3. The van der Waals surface area contributed by atoms with Crippen molar-refractivity contribution in [2.45, 2.75) is 27.2 Å². The Morgan fingerprint density at radius 3 is 2.37 bits per heavy atom. The molecule has 0 heterocycles. The molecule has 1 aromatic rings. The predicted octanol–water partition coefficient (Wildman–Crippen LogP) is 2.34. The number of benzene rings is 1. The van der Waals surface area contributed by atoms with Crippen molar-refractivity contribution in [2.75, 3.05) is 19.7 Å². The van der Waals surface area contributed by atoms with E-state index in [0.29, 0.717) is 19.0 Å². The second-order valence-electron chi connectivity index (χ2n) is 5.18. The summed E-state index contributed by atoms with van der Waals surface area (Å²) in [7, 11) is 0. The van der Waals surface area contributed by atoms with E-state index < -0.39 is 0 Å². The van der Waals surface area contributed by atoms with Crippen LogP contribution in [0.4, 0.5) is 0 Å². The lowest BCUT2D eigenvalue weighted by Crippen LogP contribution is -2.40. The van der Waals surface area contributed by atoms with Gasteiger partial charge in [-0.2, -0.15) is 0 Å². The molecule has 106 valence electrons. The molecule has 19 heavy (non-hydrogen) atoms. The molecule has 0 aromatic heterocycles. The van der Waals surface area contributed by atoms with Crippen LogP contribution in [-0.4, -0.2) is 35.6 Å². The van der Waals surface area contributed by atoms with Crippen LogP contribution in [0.15, 0.2) is 30.3 Å². The highest BCUT2D eigenvalue weighted by Crippen LogP contribution is 2.20. The second kappa shape index (κ2) is 7.95. The normalized spacial score (nSPS) is 12.5. The minimum Gasteiger partial charge on any atom is -0.395 e. The molecule has 1 amide bonds. The first-order chi connectivity index (χ1) is 9.10. The van der Waals surface area contributed by atoms with Crippen molar-refractivity contribution < 1.29 is 9.90 Å². The Balaban J connectivity index is 2.79. The van der Waals surface area contributed by atoms with Gasteiger partial charge in [-0.05, 0) is 24.8 Å². The molecule has 0 fully saturated rings. The van der Waals surface area contributed by atoms with Crippen molar-refractivity contribution in [3.8, 4) is 0 Å². The molecule has 3 heteroatoms. The summed E-state index contributed by atoms with van der Waals surface area (Å²) >= 11 is 0. The van der Waals surface area contributed by atoms with Gasteiger partial charge in [0.2, 0.25) is 5.91 Å². The fourth-order valence-electron chi connectivity index (χ4n) is 2.26. The van der Waals surface area contributed by atoms with Crippen LogP contribution in [0.1, 0.15) is 26.3 Å². The minimum atomic E-state index is -0.0195. The Hall–Kier alpha value is -1.35. The zero-order valence-electron chi connectivity index (χ0n) is 12.2. The molecule has 0 aliphatic heterocycles. The molecule has 0 spiro atoms. The highest BCUT2D eigenvalue weighted by atomic mass is 16.3. The number of hydrogen-bond donors (Lipinski definition) is 1. The van der Waals surface area contributed by atoms with Crippen molar-refractivity contribution in [1.29, 1.82) is 0 Å². The molecule has 0 saturated heterocycles. The summed E-state index contributed by atoms with van der Waals surface area (Å²) in [5.74, 6) is 0.421. The van der Waals surface area contributed by atoms with Gasteiger partial charge in [-0.15, -0.1) is 0 Å². The van der Waals surface area contributed by atoms with Crippen LogP contribution in [-0.2, 0) is 11.2 Å². The number of amides is 1. The van der Waals surface area contributed by atoms with Crippen LogP contribution in [0.5, 0.6) is 0 Å². The first-order valence-electron chi connectivity index (χ1n) is 7.03. The fourth-order valence-corrected chi connectivity index (χ4v) is 2.26. The fraction of sp³-hybridized carbons (Fsp3) is 0.562. The molecule has 3 nitrogen and oxygen atoms in total. The number of carbonyl (C=O) groups is 1. The third-order valence-corrected chi connectivity index (χ3v) is 3.48. The topological polar surface area (TPSA) is 40.5 Å². The summed E-state index contributed by atoms with van der Waals surface area (Å²) in [6.07, 6.45) is 0.763. The minimum absolute atomic E-state index is 0.0195. The number of rotatable bonds is 7. The average Bonchev–Trinajstić information content (AvgIpc) is 2.42. The van der Waals surface area contributed by atoms with E-state index in [0.717, 1.165) is 6.42 Å². The van der Waals surface area contributed by atoms with Gasteiger partial charge in [0.25, 0.3) is 0 Å². The van der Waals surface area contributed by atoms with E-state index in [4.69, 9.17) is 5.11 Å². The first-order valence-corrected chi connectivity index (χ1v) is 7.03. The lowest BCUT2D eigenvalue weighted by molar-refractivity contribution is -0.137. The molecule has 0 aliphatic rings. The van der Waals surface area contributed by atoms with Crippen LogP contribution in [0, 0.1) is 11.8 Å². The molecule has 1 aromatic carbocycles. The van der Waals surface area contributed by atoms with Crippen LogP contribution in [0.3, 0.4) is 0 Å². The third kappa shape index (κ3) is 4.67. The maximum atomic E-state index is 12.5. The van der Waals surface area contributed by atoms with Gasteiger partial charge >= 0.3 is 0 Å². The van der Waals surface area contributed by atoms with Gasteiger partial charge in [0.05, 0.1) is 6.61 Å². The highest BCUT2D eigenvalue weighted by Gasteiger charge is 2.26. The van der Waals surface area contributed by atoms with Gasteiger partial charge in [0, 0.05) is 19.0 Å². The van der Waals surface area contributed by atoms with E-state index in [1.54, 1.807) is 4.90 Å². The number of aliphatic hydroxyl groups is 1. The van der Waals surface area contributed by atoms with Crippen molar-refractivity contribution in [3.05, 3.63) is 35.9 Å². The van der Waals surface area contributed by atoms with Crippen molar-refractivity contribution in [1.82, 2.24) is 4.90 Å². The van der Waals surface area contributed by atoms with Gasteiger partial charge in [-0.3, -0.25) is 4.79 Å². The number of likely N-dealkylation sites (N-methyl/N-ethyl adjacent to an activating group) is 1. The Labute approximate surface area is 116 Å². The Kier molecular flexibility index (Phi) is 6.57. The molecule has 1 atom stereocenters. The zero-order chi connectivity index (χ0) is 14.3. The molecule has 0 bridgehead atoms. The van der Waals surface area contributed by atoms with Crippen LogP contribution in [0.25, 0.3) is 0 Å². The Bertz CT molecular complexity index is 376. The van der Waals surface area contributed by atoms with E-state index in [-0.39, 0.29) is 18.4 Å². The van der Waals surface area contributed by atoms with Crippen LogP contribution < -0.4 is 0 Å². The third-order valence-electron chi connectivity index (χ3n) is 3.48. The number of nitrogens with zero attached hydrogens (tertiary/aromatic N) is 1. The van der Waals surface area contributed by atoms with Gasteiger partial charge in [-0.1, -0.05) is 44.2 Å². The molecular formula is C16H25NO2. The van der Waals surface area contributed by atoms with Gasteiger partial charge < -0.3 is 10.0 Å². The monoisotopic (exact) mass is 263 g/mol. The number of carbonyl (C=O) groups excluding carboxylic acids is 1. The largest absolute Gasteiger partial charge is 0.395 e. The molecule has 1 N–H and O–H groups in total. The second-order valence-corrected chi connectivity index (χ2v) is 5.18. The number of aliphatic hydroxyl groups excluding tert-OH is 1. The Morgan fingerprint density at radius 1 is 1.26 bits per heavy atom. The summed E-state index contributed by atoms with van der Waals surface area (Å²) in [6, 6.07) is 10.1. The standard InChI is InChI=1S/C16H25NO2/c1-4-17(10-11-18)16(19)15(13(2)3)12-14-8-6-5-7-9-14/h5-9,13,15,18H,4,10-12H2,1-3H3. The summed E-state index contributed by atoms with van der Waals surface area (Å²) in [6.45, 7) is 7.21. The first kappa shape index (κ1) is 15.7. The Morgan fingerprint density at radius 2 is 1.89 bits per heavy atom. The lowest BCUT2D eigenvalue weighted by atomic mass is 9.88. The molecular weight excluding hydrogens is 238 g/mol. The van der Waals surface area contributed by atoms with Crippen molar-refractivity contribution in [3.63, 3.8) is 0 Å². The zero-order valence-corrected chi connectivity index (χ0v) is 12.2. The maximum Gasteiger partial charge on any atom is 0.226 e. The van der Waals surface area contributed by atoms with E-state index in [9.17, 15) is 4.79 Å². The summed E-state index contributed by atoms with van der Waals surface area (Å²) < 4.78 is 0. The van der Waals surface area contributed by atoms with E-state index in [1.807, 2.05) is 25.1 Å². The van der Waals surface area contributed by atoms with Gasteiger partial charge in [0.15, 0.2) is 0 Å². The van der Waals surface area contributed by atoms with Gasteiger partial charge in [-0.25, -0.2) is 0 Å². The van der Waals surface area contributed by atoms with Gasteiger partial charge in [0.1, 0.15) is 0 Å². The highest BCUT2D eigenvalue weighted by molar-refractivity contribution is 5.79. The average molecular weight is 263 g/mol. The molecule has 1 unspecified atom stereocenters. The van der Waals surface area contributed by atoms with Crippen molar-refractivity contribution in [2.24, 2.45) is 11.8 Å². The van der Waals surface area contributed by atoms with Crippen LogP contribution >= 0.6 is 0 Å². The van der Waals surface area contributed by atoms with E-state index in [2.05, 4.69) is 26.0 Å². The summed E-state index contributed by atoms with van der Waals surface area (Å²) in [5, 5.41) is 9.03. The summed E-state index contributed by atoms with van der Waals surface area (Å²) in [5.41, 5.74) is 1.19. The maximum absolute atomic E-state index is 12.5. The molecule has 0 radical (unpaired) electrons. The quantitative estimate of drug-likeness (QED) is 0.820. The van der Waals surface area contributed by atoms with Crippen LogP contribution in [0.2, 0.25) is 0 Å². The molecule has 0 aliphatic carbocycles. The number of hydrogen-bond acceptors (Lipinski definition) is 2. The SMILES string of the molecule is CCN(CCO)C(=O)C(Cc1ccccc1)C(C)C. The van der Waals surface area contributed by atoms with Crippen molar-refractivity contribution >= 4 is 5.91 Å². The molecule has 1 rings (SSSR count). The van der Waals surface area contributed by atoms with E-state index in [1.165, 1.54) is 5.56 Å².